The van der Waals surface area contributed by atoms with Gasteiger partial charge in [-0.2, -0.15) is 4.98 Å². The highest BCUT2D eigenvalue weighted by atomic mass is 16.6. The van der Waals surface area contributed by atoms with E-state index in [9.17, 15) is 10.1 Å². The summed E-state index contributed by atoms with van der Waals surface area (Å²) < 4.78 is 5.11. The summed E-state index contributed by atoms with van der Waals surface area (Å²) in [5.41, 5.74) is 5.07. The summed E-state index contributed by atoms with van der Waals surface area (Å²) in [4.78, 5) is 18.0. The third-order valence-corrected chi connectivity index (χ3v) is 1.81. The Morgan fingerprint density at radius 1 is 1.44 bits per heavy atom. The van der Waals surface area contributed by atoms with Crippen LogP contribution >= 0.6 is 0 Å². The number of hydrazine groups is 1. The van der Waals surface area contributed by atoms with E-state index in [1.807, 2.05) is 20.8 Å². The molecule has 0 unspecified atom stereocenters. The van der Waals surface area contributed by atoms with Crippen molar-refractivity contribution in [3.63, 3.8) is 0 Å². The Kier molecular flexibility index (Phi) is 4.38. The molecule has 0 amide bonds. The maximum Gasteiger partial charge on any atom is 0.374 e. The van der Waals surface area contributed by atoms with Crippen molar-refractivity contribution in [1.29, 1.82) is 0 Å². The van der Waals surface area contributed by atoms with E-state index in [0.717, 1.165) is 0 Å². The molecule has 0 saturated carbocycles. The first kappa shape index (κ1) is 14.1. The molecule has 0 saturated heterocycles. The van der Waals surface area contributed by atoms with Gasteiger partial charge in [0.2, 0.25) is 5.82 Å². The smallest absolute Gasteiger partial charge is 0.374 e. The summed E-state index contributed by atoms with van der Waals surface area (Å²) in [6, 6.07) is 0. The van der Waals surface area contributed by atoms with E-state index in [1.54, 1.807) is 6.92 Å². The molecular formula is C10H17N5O3. The molecule has 1 aromatic heterocycles. The van der Waals surface area contributed by atoms with Crippen molar-refractivity contribution >= 4 is 11.5 Å². The summed E-state index contributed by atoms with van der Waals surface area (Å²) in [7, 11) is 0. The average molecular weight is 255 g/mol. The van der Waals surface area contributed by atoms with Crippen molar-refractivity contribution in [3.05, 3.63) is 16.4 Å². The maximum absolute atomic E-state index is 11.0. The van der Waals surface area contributed by atoms with E-state index in [1.165, 1.54) is 6.33 Å². The molecule has 100 valence electrons. The van der Waals surface area contributed by atoms with E-state index < -0.39 is 4.92 Å². The van der Waals surface area contributed by atoms with E-state index in [-0.39, 0.29) is 22.9 Å². The van der Waals surface area contributed by atoms with Crippen LogP contribution in [-0.2, 0) is 0 Å². The monoisotopic (exact) mass is 255 g/mol. The fourth-order valence-corrected chi connectivity index (χ4v) is 1.11. The van der Waals surface area contributed by atoms with Crippen LogP contribution in [0.2, 0.25) is 0 Å². The van der Waals surface area contributed by atoms with Gasteiger partial charge in [0.15, 0.2) is 0 Å². The Hall–Kier alpha value is -1.96. The predicted octanol–water partition coefficient (Wildman–Crippen LogP) is 1.50. The number of aromatic nitrogens is 2. The lowest BCUT2D eigenvalue weighted by molar-refractivity contribution is -0.385. The van der Waals surface area contributed by atoms with Gasteiger partial charge in [-0.25, -0.2) is 10.4 Å². The second-order valence-corrected chi connectivity index (χ2v) is 4.57. The summed E-state index contributed by atoms with van der Waals surface area (Å²) in [5.74, 6) is 0.0316. The lowest BCUT2D eigenvalue weighted by atomic mass is 10.1. The SMILES string of the molecule is CCOc1ncnc(NNC(C)(C)C)c1[N+](=O)[O-]. The number of hydrogen-bond donors (Lipinski definition) is 2. The Labute approximate surface area is 105 Å². The topological polar surface area (TPSA) is 102 Å². The molecule has 0 aliphatic rings. The highest BCUT2D eigenvalue weighted by molar-refractivity contribution is 5.60. The van der Waals surface area contributed by atoms with Crippen molar-refractivity contribution in [2.24, 2.45) is 0 Å². The standard InChI is InChI=1S/C10H17N5O3/c1-5-18-9-7(15(16)17)8(11-6-12-9)13-14-10(2,3)4/h6,14H,5H2,1-4H3,(H,11,12,13). The van der Waals surface area contributed by atoms with Crippen LogP contribution in [0.15, 0.2) is 6.33 Å². The van der Waals surface area contributed by atoms with Crippen molar-refractivity contribution in [2.45, 2.75) is 33.2 Å². The molecule has 0 aliphatic heterocycles. The first-order valence-electron chi connectivity index (χ1n) is 5.50. The fraction of sp³-hybridized carbons (Fsp3) is 0.600. The van der Waals surface area contributed by atoms with Crippen LogP contribution in [0.4, 0.5) is 11.5 Å². The first-order chi connectivity index (χ1) is 8.35. The van der Waals surface area contributed by atoms with Crippen LogP contribution in [0, 0.1) is 10.1 Å². The second-order valence-electron chi connectivity index (χ2n) is 4.57. The molecule has 1 rings (SSSR count). The lowest BCUT2D eigenvalue weighted by Crippen LogP contribution is -2.40. The molecule has 0 bridgehead atoms. The molecule has 1 heterocycles. The van der Waals surface area contributed by atoms with E-state index in [2.05, 4.69) is 20.8 Å². The van der Waals surface area contributed by atoms with Gasteiger partial charge >= 0.3 is 5.69 Å². The van der Waals surface area contributed by atoms with Gasteiger partial charge in [-0.15, -0.1) is 0 Å². The van der Waals surface area contributed by atoms with E-state index in [4.69, 9.17) is 4.74 Å². The quantitative estimate of drug-likeness (QED) is 0.607. The minimum Gasteiger partial charge on any atom is -0.473 e. The van der Waals surface area contributed by atoms with Gasteiger partial charge in [0, 0.05) is 5.54 Å². The first-order valence-corrected chi connectivity index (χ1v) is 5.50. The minimum atomic E-state index is -0.572. The third kappa shape index (κ3) is 3.81. The molecular weight excluding hydrogens is 238 g/mol. The Balaban J connectivity index is 3.03. The van der Waals surface area contributed by atoms with E-state index >= 15 is 0 Å². The lowest BCUT2D eigenvalue weighted by Gasteiger charge is -2.21. The fourth-order valence-electron chi connectivity index (χ4n) is 1.11. The molecule has 18 heavy (non-hydrogen) atoms. The van der Waals surface area contributed by atoms with Gasteiger partial charge in [0.1, 0.15) is 6.33 Å². The summed E-state index contributed by atoms with van der Waals surface area (Å²) >= 11 is 0. The maximum atomic E-state index is 11.0. The molecule has 8 nitrogen and oxygen atoms in total. The van der Waals surface area contributed by atoms with Gasteiger partial charge in [0.05, 0.1) is 11.5 Å². The number of rotatable bonds is 5. The highest BCUT2D eigenvalue weighted by Gasteiger charge is 2.25. The Morgan fingerprint density at radius 2 is 2.11 bits per heavy atom. The van der Waals surface area contributed by atoms with Crippen molar-refractivity contribution in [3.8, 4) is 5.88 Å². The van der Waals surface area contributed by atoms with Gasteiger partial charge in [-0.1, -0.05) is 0 Å². The van der Waals surface area contributed by atoms with E-state index in [0.29, 0.717) is 6.61 Å². The zero-order valence-corrected chi connectivity index (χ0v) is 10.9. The number of nitro groups is 1. The second kappa shape index (κ2) is 5.58. The molecule has 1 aromatic rings. The molecule has 0 aliphatic carbocycles. The van der Waals surface area contributed by atoms with Crippen molar-refractivity contribution < 1.29 is 9.66 Å². The minimum absolute atomic E-state index is 0.0456. The number of nitrogens with one attached hydrogen (secondary N) is 2. The van der Waals surface area contributed by atoms with Gasteiger partial charge in [-0.05, 0) is 27.7 Å². The molecule has 0 aromatic carbocycles. The van der Waals surface area contributed by atoms with Crippen LogP contribution in [0.3, 0.4) is 0 Å². The normalized spacial score (nSPS) is 11.1. The number of hydrogen-bond acceptors (Lipinski definition) is 7. The van der Waals surface area contributed by atoms with Crippen molar-refractivity contribution in [2.75, 3.05) is 12.0 Å². The van der Waals surface area contributed by atoms with Crippen LogP contribution in [0.1, 0.15) is 27.7 Å². The Morgan fingerprint density at radius 3 is 2.61 bits per heavy atom. The van der Waals surface area contributed by atoms with Gasteiger partial charge < -0.3 is 4.74 Å². The van der Waals surface area contributed by atoms with Crippen LogP contribution in [0.5, 0.6) is 5.88 Å². The third-order valence-electron chi connectivity index (χ3n) is 1.81. The average Bonchev–Trinajstić information content (AvgIpc) is 2.25. The summed E-state index contributed by atoms with van der Waals surface area (Å²) in [6.07, 6.45) is 1.21. The zero-order valence-electron chi connectivity index (χ0n) is 10.9. The Bertz CT molecular complexity index is 430. The zero-order chi connectivity index (χ0) is 13.8. The van der Waals surface area contributed by atoms with Crippen LogP contribution < -0.4 is 15.6 Å². The molecule has 8 heteroatoms. The summed E-state index contributed by atoms with van der Waals surface area (Å²) in [6.45, 7) is 7.76. The van der Waals surface area contributed by atoms with Crippen LogP contribution in [0.25, 0.3) is 0 Å². The molecule has 2 N–H and O–H groups in total. The molecule has 0 spiro atoms. The number of anilines is 1. The van der Waals surface area contributed by atoms with Gasteiger partial charge in [-0.3, -0.25) is 15.5 Å². The largest absolute Gasteiger partial charge is 0.473 e. The molecule has 0 fully saturated rings. The highest BCUT2D eigenvalue weighted by Crippen LogP contribution is 2.30. The van der Waals surface area contributed by atoms with Crippen molar-refractivity contribution in [1.82, 2.24) is 15.4 Å². The summed E-state index contributed by atoms with van der Waals surface area (Å²) in [5, 5.41) is 11.0. The van der Waals surface area contributed by atoms with Gasteiger partial charge in [0.25, 0.3) is 5.88 Å². The number of ether oxygens (including phenoxy) is 1. The molecule has 0 radical (unpaired) electrons. The number of nitrogens with zero attached hydrogens (tertiary/aromatic N) is 3. The van der Waals surface area contributed by atoms with Crippen LogP contribution in [-0.4, -0.2) is 27.0 Å². The molecule has 0 atom stereocenters. The predicted molar refractivity (Wildman–Crippen MR) is 66.4 cm³/mol.